The number of anilines is 1. The highest BCUT2D eigenvalue weighted by Crippen LogP contribution is 2.28. The van der Waals surface area contributed by atoms with Crippen molar-refractivity contribution in [3.63, 3.8) is 0 Å². The van der Waals surface area contributed by atoms with E-state index in [4.69, 9.17) is 11.5 Å². The molecule has 2 heterocycles. The standard InChI is InChI=1S/C22H29N5O2.2ClH/c1-14-18(8-9-20(23)26-14)12-25-22(29)15(2)27-13-17(11-19(27)21(24)28)10-16-6-4-3-5-7-16;;/h3-9,15,17,19H,10-13H2,1-2H3,(H2,23,26)(H2,24,28)(H,25,29);2*1H/t15-,17?,19?;;/m0../s1. The minimum absolute atomic E-state index is 0. The van der Waals surface area contributed by atoms with Crippen molar-refractivity contribution in [1.82, 2.24) is 15.2 Å². The van der Waals surface area contributed by atoms with E-state index in [-0.39, 0.29) is 42.5 Å². The zero-order valence-corrected chi connectivity index (χ0v) is 19.4. The van der Waals surface area contributed by atoms with Gasteiger partial charge in [-0.2, -0.15) is 0 Å². The number of benzene rings is 1. The van der Waals surface area contributed by atoms with Crippen molar-refractivity contribution in [3.05, 3.63) is 59.3 Å². The van der Waals surface area contributed by atoms with Crippen molar-refractivity contribution < 1.29 is 9.59 Å². The van der Waals surface area contributed by atoms with Crippen molar-refractivity contribution in [1.29, 1.82) is 0 Å². The smallest absolute Gasteiger partial charge is 0.237 e. The summed E-state index contributed by atoms with van der Waals surface area (Å²) in [6.07, 6.45) is 1.54. The van der Waals surface area contributed by atoms with Gasteiger partial charge in [0.25, 0.3) is 0 Å². The van der Waals surface area contributed by atoms with E-state index in [1.807, 2.05) is 43.0 Å². The highest BCUT2D eigenvalue weighted by Gasteiger charge is 2.40. The molecule has 9 heteroatoms. The number of carbonyl (C=O) groups is 2. The Balaban J connectivity index is 0.00000240. The number of aromatic nitrogens is 1. The quantitative estimate of drug-likeness (QED) is 0.577. The molecule has 1 aromatic carbocycles. The van der Waals surface area contributed by atoms with E-state index >= 15 is 0 Å². The maximum Gasteiger partial charge on any atom is 0.237 e. The molecule has 0 bridgehead atoms. The summed E-state index contributed by atoms with van der Waals surface area (Å²) in [6.45, 7) is 4.72. The minimum Gasteiger partial charge on any atom is -0.384 e. The number of hydrogen-bond donors (Lipinski definition) is 3. The van der Waals surface area contributed by atoms with Crippen LogP contribution in [0.2, 0.25) is 0 Å². The molecule has 3 atom stereocenters. The second-order valence-electron chi connectivity index (χ2n) is 7.78. The van der Waals surface area contributed by atoms with Gasteiger partial charge in [0.05, 0.1) is 12.1 Å². The number of nitrogen functional groups attached to an aromatic ring is 1. The fourth-order valence-electron chi connectivity index (χ4n) is 4.03. The number of nitrogens with two attached hydrogens (primary N) is 2. The first-order valence-electron chi connectivity index (χ1n) is 9.94. The van der Waals surface area contributed by atoms with Crippen molar-refractivity contribution in [2.75, 3.05) is 12.3 Å². The lowest BCUT2D eigenvalue weighted by atomic mass is 9.97. The molecule has 5 N–H and O–H groups in total. The van der Waals surface area contributed by atoms with Crippen LogP contribution in [0.1, 0.15) is 30.2 Å². The summed E-state index contributed by atoms with van der Waals surface area (Å²) in [5, 5.41) is 2.95. The molecule has 2 aromatic rings. The van der Waals surface area contributed by atoms with E-state index in [2.05, 4.69) is 22.4 Å². The van der Waals surface area contributed by atoms with Crippen LogP contribution in [0.25, 0.3) is 0 Å². The molecule has 1 aromatic heterocycles. The molecule has 2 amide bonds. The van der Waals surface area contributed by atoms with Crippen LogP contribution >= 0.6 is 24.8 Å². The molecule has 3 rings (SSSR count). The lowest BCUT2D eigenvalue weighted by Gasteiger charge is -2.28. The summed E-state index contributed by atoms with van der Waals surface area (Å²) in [4.78, 5) is 30.9. The van der Waals surface area contributed by atoms with Gasteiger partial charge in [-0.05, 0) is 49.8 Å². The molecule has 1 aliphatic heterocycles. The maximum atomic E-state index is 12.8. The van der Waals surface area contributed by atoms with Crippen LogP contribution in [-0.4, -0.2) is 40.3 Å². The third-order valence-electron chi connectivity index (χ3n) is 5.67. The largest absolute Gasteiger partial charge is 0.384 e. The van der Waals surface area contributed by atoms with E-state index < -0.39 is 12.1 Å². The van der Waals surface area contributed by atoms with Gasteiger partial charge in [-0.15, -0.1) is 24.8 Å². The minimum atomic E-state index is -0.449. The maximum absolute atomic E-state index is 12.8. The van der Waals surface area contributed by atoms with Crippen LogP contribution in [0.5, 0.6) is 0 Å². The third-order valence-corrected chi connectivity index (χ3v) is 5.67. The van der Waals surface area contributed by atoms with Crippen molar-refractivity contribution in [2.45, 2.75) is 45.3 Å². The van der Waals surface area contributed by atoms with Crippen LogP contribution in [0, 0.1) is 12.8 Å². The van der Waals surface area contributed by atoms with Crippen LogP contribution in [-0.2, 0) is 22.6 Å². The topological polar surface area (TPSA) is 114 Å². The van der Waals surface area contributed by atoms with Gasteiger partial charge >= 0.3 is 0 Å². The first-order valence-corrected chi connectivity index (χ1v) is 9.94. The average molecular weight is 468 g/mol. The summed E-state index contributed by atoms with van der Waals surface area (Å²) < 4.78 is 0. The van der Waals surface area contributed by atoms with Crippen molar-refractivity contribution >= 4 is 42.4 Å². The highest BCUT2D eigenvalue weighted by molar-refractivity contribution is 5.86. The predicted octanol–water partition coefficient (Wildman–Crippen LogP) is 2.24. The van der Waals surface area contributed by atoms with E-state index in [0.29, 0.717) is 25.3 Å². The van der Waals surface area contributed by atoms with Crippen LogP contribution in [0.15, 0.2) is 42.5 Å². The molecule has 7 nitrogen and oxygen atoms in total. The van der Waals surface area contributed by atoms with E-state index in [9.17, 15) is 9.59 Å². The summed E-state index contributed by atoms with van der Waals surface area (Å²) in [6, 6.07) is 12.9. The molecule has 31 heavy (non-hydrogen) atoms. The van der Waals surface area contributed by atoms with Gasteiger partial charge in [0.15, 0.2) is 0 Å². The number of amides is 2. The van der Waals surface area contributed by atoms with E-state index in [1.165, 1.54) is 5.56 Å². The number of nitrogens with zero attached hydrogens (tertiary/aromatic N) is 2. The number of pyridine rings is 1. The first kappa shape index (κ1) is 26.7. The Labute approximate surface area is 195 Å². The molecule has 0 saturated carbocycles. The van der Waals surface area contributed by atoms with Gasteiger partial charge in [0.2, 0.25) is 11.8 Å². The Morgan fingerprint density at radius 2 is 1.87 bits per heavy atom. The number of likely N-dealkylation sites (tertiary alicyclic amines) is 1. The number of halogens is 2. The van der Waals surface area contributed by atoms with E-state index in [0.717, 1.165) is 17.7 Å². The summed E-state index contributed by atoms with van der Waals surface area (Å²) in [5.41, 5.74) is 14.3. The highest BCUT2D eigenvalue weighted by atomic mass is 35.5. The zero-order chi connectivity index (χ0) is 21.0. The van der Waals surface area contributed by atoms with Crippen LogP contribution in [0.4, 0.5) is 5.82 Å². The molecule has 1 saturated heterocycles. The van der Waals surface area contributed by atoms with Gasteiger partial charge < -0.3 is 16.8 Å². The number of hydrogen-bond acceptors (Lipinski definition) is 5. The normalized spacial score (nSPS) is 19.0. The Bertz CT molecular complexity index is 881. The molecule has 0 spiro atoms. The number of nitrogens with one attached hydrogen (secondary N) is 1. The van der Waals surface area contributed by atoms with Gasteiger partial charge in [-0.1, -0.05) is 36.4 Å². The molecule has 170 valence electrons. The summed E-state index contributed by atoms with van der Waals surface area (Å²) >= 11 is 0. The lowest BCUT2D eigenvalue weighted by Crippen LogP contribution is -2.51. The van der Waals surface area contributed by atoms with Crippen molar-refractivity contribution in [3.8, 4) is 0 Å². The zero-order valence-electron chi connectivity index (χ0n) is 17.8. The fraction of sp³-hybridized carbons (Fsp3) is 0.409. The molecular formula is C22H31Cl2N5O2. The van der Waals surface area contributed by atoms with Gasteiger partial charge in [-0.25, -0.2) is 4.98 Å². The Kier molecular flexibility index (Phi) is 10.2. The SMILES string of the molecule is Cc1nc(N)ccc1CNC(=O)[C@H](C)N1CC(Cc2ccccc2)CC1C(N)=O.Cl.Cl. The number of rotatable bonds is 7. The van der Waals surface area contributed by atoms with E-state index in [1.54, 1.807) is 6.07 Å². The van der Waals surface area contributed by atoms with Gasteiger partial charge in [0.1, 0.15) is 5.82 Å². The Morgan fingerprint density at radius 1 is 1.19 bits per heavy atom. The van der Waals surface area contributed by atoms with Crippen LogP contribution in [0.3, 0.4) is 0 Å². The molecule has 0 aliphatic carbocycles. The second kappa shape index (κ2) is 11.9. The number of primary amides is 1. The average Bonchev–Trinajstić information content (AvgIpc) is 3.11. The van der Waals surface area contributed by atoms with Gasteiger partial charge in [0, 0.05) is 18.8 Å². The fourth-order valence-corrected chi connectivity index (χ4v) is 4.03. The monoisotopic (exact) mass is 467 g/mol. The van der Waals surface area contributed by atoms with Crippen molar-refractivity contribution in [2.24, 2.45) is 11.7 Å². The number of aryl methyl sites for hydroxylation is 1. The number of carbonyl (C=O) groups excluding carboxylic acids is 2. The predicted molar refractivity (Wildman–Crippen MR) is 127 cm³/mol. The molecule has 2 unspecified atom stereocenters. The Hall–Kier alpha value is -2.35. The molecule has 0 radical (unpaired) electrons. The molecular weight excluding hydrogens is 437 g/mol. The summed E-state index contributed by atoms with van der Waals surface area (Å²) in [5.74, 6) is 0.233. The van der Waals surface area contributed by atoms with Gasteiger partial charge in [-0.3, -0.25) is 14.5 Å². The first-order chi connectivity index (χ1) is 13.8. The molecule has 1 fully saturated rings. The Morgan fingerprint density at radius 3 is 2.48 bits per heavy atom. The molecule has 1 aliphatic rings. The lowest BCUT2D eigenvalue weighted by molar-refractivity contribution is -0.129. The van der Waals surface area contributed by atoms with Crippen LogP contribution < -0.4 is 16.8 Å². The third kappa shape index (κ3) is 6.82. The second-order valence-corrected chi connectivity index (χ2v) is 7.78. The summed E-state index contributed by atoms with van der Waals surface area (Å²) in [7, 11) is 0.